The Balaban J connectivity index is 3.18. The smallest absolute Gasteiger partial charge is 0.481 e. The van der Waals surface area contributed by atoms with Crippen LogP contribution in [0.1, 0.15) is 11.1 Å². The highest BCUT2D eigenvalue weighted by Crippen LogP contribution is 2.29. The van der Waals surface area contributed by atoms with Crippen molar-refractivity contribution in [2.45, 2.75) is 18.3 Å². The van der Waals surface area contributed by atoms with Crippen molar-refractivity contribution in [3.8, 4) is 11.8 Å². The third kappa shape index (κ3) is 3.74. The summed E-state index contributed by atoms with van der Waals surface area (Å²) in [7, 11) is 1.25. The third-order valence-corrected chi connectivity index (χ3v) is 2.48. The van der Waals surface area contributed by atoms with Crippen molar-refractivity contribution in [3.05, 3.63) is 17.2 Å². The number of hydrogen-bond donors (Lipinski definition) is 1. The van der Waals surface area contributed by atoms with Gasteiger partial charge in [0.15, 0.2) is 0 Å². The molecule has 0 aromatic carbocycles. The van der Waals surface area contributed by atoms with Gasteiger partial charge in [0, 0.05) is 17.0 Å². The van der Waals surface area contributed by atoms with Crippen LogP contribution >= 0.6 is 15.9 Å². The highest BCUT2D eigenvalue weighted by Gasteiger charge is 2.32. The molecule has 1 heterocycles. The summed E-state index contributed by atoms with van der Waals surface area (Å²) in [6.07, 6.45) is -4.82. The van der Waals surface area contributed by atoms with E-state index < -0.39 is 12.2 Å². The Labute approximate surface area is 103 Å². The molecule has 0 saturated heterocycles. The normalized spacial score (nSPS) is 11.4. The standard InChI is InChI=1S/C9H9BrF3NO3/c1-16-8-6(4-15)5(3-10)2-7(14-8)17-9(11,12)13/h2,15H,3-4H2,1H3. The minimum atomic E-state index is -4.82. The predicted octanol–water partition coefficient (Wildman–Crippen LogP) is 2.38. The number of rotatable bonds is 4. The Bertz CT molecular complexity index is 373. The number of aliphatic hydroxyl groups is 1. The zero-order valence-corrected chi connectivity index (χ0v) is 10.3. The molecule has 1 aromatic rings. The number of ether oxygens (including phenoxy) is 2. The maximum Gasteiger partial charge on any atom is 0.574 e. The van der Waals surface area contributed by atoms with Crippen LogP contribution in [0.2, 0.25) is 0 Å². The number of nitrogens with zero attached hydrogens (tertiary/aromatic N) is 1. The first-order valence-electron chi connectivity index (χ1n) is 4.40. The van der Waals surface area contributed by atoms with E-state index in [1.54, 1.807) is 0 Å². The van der Waals surface area contributed by atoms with Gasteiger partial charge >= 0.3 is 6.36 Å². The fourth-order valence-electron chi connectivity index (χ4n) is 1.20. The first kappa shape index (κ1) is 14.0. The molecular weight excluding hydrogens is 307 g/mol. The molecule has 17 heavy (non-hydrogen) atoms. The van der Waals surface area contributed by atoms with Gasteiger partial charge in [-0.1, -0.05) is 15.9 Å². The van der Waals surface area contributed by atoms with Crippen molar-refractivity contribution in [3.63, 3.8) is 0 Å². The summed E-state index contributed by atoms with van der Waals surface area (Å²) in [5.41, 5.74) is 0.734. The van der Waals surface area contributed by atoms with E-state index in [-0.39, 0.29) is 17.8 Å². The molecule has 0 aliphatic rings. The van der Waals surface area contributed by atoms with Crippen molar-refractivity contribution in [1.82, 2.24) is 4.98 Å². The number of pyridine rings is 1. The van der Waals surface area contributed by atoms with E-state index in [9.17, 15) is 13.2 Å². The van der Waals surface area contributed by atoms with Crippen molar-refractivity contribution < 1.29 is 27.8 Å². The van der Waals surface area contributed by atoms with Gasteiger partial charge < -0.3 is 14.6 Å². The molecule has 0 saturated carbocycles. The highest BCUT2D eigenvalue weighted by molar-refractivity contribution is 9.08. The number of halogens is 4. The first-order valence-corrected chi connectivity index (χ1v) is 5.52. The van der Waals surface area contributed by atoms with Crippen molar-refractivity contribution in [2.24, 2.45) is 0 Å². The SMILES string of the molecule is COc1nc(OC(F)(F)F)cc(CBr)c1CO. The van der Waals surface area contributed by atoms with Crippen molar-refractivity contribution in [2.75, 3.05) is 7.11 Å². The van der Waals surface area contributed by atoms with Crippen LogP contribution in [0.25, 0.3) is 0 Å². The van der Waals surface area contributed by atoms with Gasteiger partial charge in [0.2, 0.25) is 11.8 Å². The van der Waals surface area contributed by atoms with Crippen LogP contribution < -0.4 is 9.47 Å². The molecule has 1 N–H and O–H groups in total. The molecule has 0 bridgehead atoms. The predicted molar refractivity (Wildman–Crippen MR) is 56.0 cm³/mol. The minimum absolute atomic E-state index is 0.0938. The topological polar surface area (TPSA) is 51.6 Å². The molecule has 8 heteroatoms. The molecule has 0 spiro atoms. The van der Waals surface area contributed by atoms with Crippen molar-refractivity contribution in [1.29, 1.82) is 0 Å². The quantitative estimate of drug-likeness (QED) is 0.867. The second kappa shape index (κ2) is 5.54. The van der Waals surface area contributed by atoms with Crippen molar-refractivity contribution >= 4 is 15.9 Å². The Kier molecular flexibility index (Phi) is 4.58. The summed E-state index contributed by atoms with van der Waals surface area (Å²) >= 11 is 3.10. The lowest BCUT2D eigenvalue weighted by Crippen LogP contribution is -2.18. The Morgan fingerprint density at radius 2 is 2.12 bits per heavy atom. The van der Waals surface area contributed by atoms with Crippen LogP contribution in [0.5, 0.6) is 11.8 Å². The number of hydrogen-bond acceptors (Lipinski definition) is 4. The number of aromatic nitrogens is 1. The molecule has 96 valence electrons. The molecule has 0 aliphatic heterocycles. The molecule has 4 nitrogen and oxygen atoms in total. The maximum absolute atomic E-state index is 12.0. The lowest BCUT2D eigenvalue weighted by atomic mass is 10.1. The molecule has 1 rings (SSSR count). The van der Waals surface area contributed by atoms with Gasteiger partial charge in [-0.25, -0.2) is 0 Å². The zero-order chi connectivity index (χ0) is 13.1. The lowest BCUT2D eigenvalue weighted by Gasteiger charge is -2.13. The second-order valence-electron chi connectivity index (χ2n) is 2.95. The molecular formula is C9H9BrF3NO3. The molecule has 1 aromatic heterocycles. The molecule has 0 unspecified atom stereocenters. The van der Waals surface area contributed by atoms with E-state index in [2.05, 4.69) is 25.7 Å². The van der Waals surface area contributed by atoms with Crippen LogP contribution in [0.15, 0.2) is 6.07 Å². The van der Waals surface area contributed by atoms with Gasteiger partial charge in [-0.05, 0) is 5.56 Å². The fraction of sp³-hybridized carbons (Fsp3) is 0.444. The Hall–Kier alpha value is -1.02. The van der Waals surface area contributed by atoms with Gasteiger partial charge in [0.25, 0.3) is 0 Å². The van der Waals surface area contributed by atoms with Gasteiger partial charge in [0.05, 0.1) is 13.7 Å². The summed E-state index contributed by atoms with van der Waals surface area (Å²) in [6.45, 7) is -0.386. The van der Waals surface area contributed by atoms with E-state index >= 15 is 0 Å². The number of aliphatic hydroxyl groups excluding tert-OH is 1. The molecule has 0 fully saturated rings. The maximum atomic E-state index is 12.0. The highest BCUT2D eigenvalue weighted by atomic mass is 79.9. The molecule has 0 amide bonds. The van der Waals surface area contributed by atoms with Crippen LogP contribution in [-0.4, -0.2) is 23.6 Å². The van der Waals surface area contributed by atoms with E-state index in [0.717, 1.165) is 6.07 Å². The second-order valence-corrected chi connectivity index (χ2v) is 3.51. The van der Waals surface area contributed by atoms with Crippen LogP contribution in [0.3, 0.4) is 0 Å². The largest absolute Gasteiger partial charge is 0.574 e. The van der Waals surface area contributed by atoms with E-state index in [1.807, 2.05) is 0 Å². The van der Waals surface area contributed by atoms with E-state index in [4.69, 9.17) is 9.84 Å². The summed E-state index contributed by atoms with van der Waals surface area (Å²) in [5, 5.41) is 9.33. The fourth-order valence-corrected chi connectivity index (χ4v) is 1.70. The monoisotopic (exact) mass is 315 g/mol. The Morgan fingerprint density at radius 3 is 2.53 bits per heavy atom. The molecule has 0 atom stereocenters. The van der Waals surface area contributed by atoms with Gasteiger partial charge in [-0.3, -0.25) is 0 Å². The molecule has 0 radical (unpaired) electrons. The third-order valence-electron chi connectivity index (χ3n) is 1.87. The lowest BCUT2D eigenvalue weighted by molar-refractivity contribution is -0.276. The minimum Gasteiger partial charge on any atom is -0.481 e. The Morgan fingerprint density at radius 1 is 1.47 bits per heavy atom. The summed E-state index contributed by atoms with van der Waals surface area (Å²) in [6, 6.07) is 1.09. The first-order chi connectivity index (χ1) is 7.91. The van der Waals surface area contributed by atoms with Crippen LogP contribution in [-0.2, 0) is 11.9 Å². The van der Waals surface area contributed by atoms with Gasteiger partial charge in [-0.2, -0.15) is 4.98 Å². The van der Waals surface area contributed by atoms with Gasteiger partial charge in [-0.15, -0.1) is 13.2 Å². The summed E-state index contributed by atoms with van der Waals surface area (Å²) < 4.78 is 44.6. The number of methoxy groups -OCH3 is 1. The average Bonchev–Trinajstić information content (AvgIpc) is 2.25. The van der Waals surface area contributed by atoms with E-state index in [0.29, 0.717) is 11.1 Å². The van der Waals surface area contributed by atoms with Crippen LogP contribution in [0, 0.1) is 0 Å². The van der Waals surface area contributed by atoms with E-state index in [1.165, 1.54) is 7.11 Å². The summed E-state index contributed by atoms with van der Waals surface area (Å²) in [4.78, 5) is 3.51. The average molecular weight is 316 g/mol. The molecule has 0 aliphatic carbocycles. The number of alkyl halides is 4. The van der Waals surface area contributed by atoms with Crippen LogP contribution in [0.4, 0.5) is 13.2 Å². The summed E-state index contributed by atoms with van der Waals surface area (Å²) in [5.74, 6) is -0.718. The zero-order valence-electron chi connectivity index (χ0n) is 8.71. The van der Waals surface area contributed by atoms with Gasteiger partial charge in [0.1, 0.15) is 0 Å².